The molecule has 1 N–H and O–H groups in total. The van der Waals surface area contributed by atoms with E-state index in [0.29, 0.717) is 30.9 Å². The van der Waals surface area contributed by atoms with Crippen molar-refractivity contribution in [3.8, 4) is 0 Å². The highest BCUT2D eigenvalue weighted by Crippen LogP contribution is 2.46. The summed E-state index contributed by atoms with van der Waals surface area (Å²) in [5, 5.41) is 7.38. The third-order valence-corrected chi connectivity index (χ3v) is 6.68. The number of benzene rings is 1. The topological polar surface area (TPSA) is 70.5 Å². The minimum atomic E-state index is -0.536. The van der Waals surface area contributed by atoms with Crippen molar-refractivity contribution in [1.82, 2.24) is 19.6 Å². The van der Waals surface area contributed by atoms with E-state index in [1.165, 1.54) is 18.2 Å². The van der Waals surface area contributed by atoms with Crippen LogP contribution in [-0.4, -0.2) is 50.6 Å². The molecule has 2 aliphatic heterocycles. The monoisotopic (exact) mass is 417 g/mol. The molecule has 0 saturated heterocycles. The van der Waals surface area contributed by atoms with E-state index in [1.54, 1.807) is 4.90 Å². The lowest BCUT2D eigenvalue weighted by atomic mass is 10.0. The molecule has 3 heterocycles. The summed E-state index contributed by atoms with van der Waals surface area (Å²) in [5.74, 6) is -0.549. The average Bonchev–Trinajstić information content (AvgIpc) is 3.42. The number of aromatic nitrogens is 2. The van der Waals surface area contributed by atoms with E-state index in [1.807, 2.05) is 16.6 Å². The van der Waals surface area contributed by atoms with Gasteiger partial charge < -0.3 is 15.1 Å². The molecule has 1 spiro atoms. The number of urea groups is 1. The highest BCUT2D eigenvalue weighted by molar-refractivity contribution is 6.31. The first kappa shape index (κ1) is 18.4. The van der Waals surface area contributed by atoms with Gasteiger partial charge in [-0.15, -0.1) is 0 Å². The number of hydrogen-bond donors (Lipinski definition) is 1. The van der Waals surface area contributed by atoms with Crippen molar-refractivity contribution in [1.29, 1.82) is 0 Å². The lowest BCUT2D eigenvalue weighted by molar-refractivity contribution is 0.0707. The Morgan fingerprint density at radius 2 is 2.07 bits per heavy atom. The Kier molecular flexibility index (Phi) is 4.10. The molecule has 0 radical (unpaired) electrons. The van der Waals surface area contributed by atoms with Gasteiger partial charge in [0.25, 0.3) is 5.91 Å². The van der Waals surface area contributed by atoms with Gasteiger partial charge in [0, 0.05) is 43.3 Å². The van der Waals surface area contributed by atoms with Crippen LogP contribution in [0.3, 0.4) is 0 Å². The number of rotatable bonds is 1. The van der Waals surface area contributed by atoms with Crippen molar-refractivity contribution in [3.05, 3.63) is 46.0 Å². The standard InChI is InChI=1S/C20H21ClFN5O2/c1-25-18(28)17-13-11-26(19(29)23-12-2-3-15(22)14(21)10-12)8-4-16(13)24-27(17)9-7-20(25)5-6-20/h2-3,10H,4-9,11H2,1H3,(H,23,29). The van der Waals surface area contributed by atoms with Gasteiger partial charge in [-0.3, -0.25) is 9.48 Å². The van der Waals surface area contributed by atoms with Crippen LogP contribution in [0.4, 0.5) is 14.9 Å². The molecule has 0 unspecified atom stereocenters. The van der Waals surface area contributed by atoms with Crippen LogP contribution >= 0.6 is 11.6 Å². The number of aryl methyl sites for hydroxylation is 1. The van der Waals surface area contributed by atoms with Gasteiger partial charge in [0.05, 0.1) is 17.3 Å². The normalized spacial score (nSPS) is 19.6. The lowest BCUT2D eigenvalue weighted by Crippen LogP contribution is -2.41. The van der Waals surface area contributed by atoms with Crippen LogP contribution in [0.5, 0.6) is 0 Å². The summed E-state index contributed by atoms with van der Waals surface area (Å²) in [6, 6.07) is 3.75. The third kappa shape index (κ3) is 2.97. The van der Waals surface area contributed by atoms with Crippen LogP contribution in [-0.2, 0) is 19.5 Å². The number of halogens is 2. The predicted octanol–water partition coefficient (Wildman–Crippen LogP) is 3.27. The zero-order valence-corrected chi connectivity index (χ0v) is 16.8. The largest absolute Gasteiger partial charge is 0.335 e. The summed E-state index contributed by atoms with van der Waals surface area (Å²) in [6.07, 6.45) is 3.58. The number of nitrogens with zero attached hydrogens (tertiary/aromatic N) is 4. The molecule has 0 bridgehead atoms. The van der Waals surface area contributed by atoms with Gasteiger partial charge in [0.15, 0.2) is 0 Å². The molecular weight excluding hydrogens is 397 g/mol. The molecule has 7 nitrogen and oxygen atoms in total. The van der Waals surface area contributed by atoms with Crippen LogP contribution < -0.4 is 5.32 Å². The first-order valence-corrected chi connectivity index (χ1v) is 10.1. The summed E-state index contributed by atoms with van der Waals surface area (Å²) in [5.41, 5.74) is 2.74. The van der Waals surface area contributed by atoms with Gasteiger partial charge in [-0.05, 0) is 37.5 Å². The summed E-state index contributed by atoms with van der Waals surface area (Å²) < 4.78 is 15.2. The lowest BCUT2D eigenvalue weighted by Gasteiger charge is -2.28. The Morgan fingerprint density at radius 1 is 1.28 bits per heavy atom. The molecule has 1 aliphatic carbocycles. The van der Waals surface area contributed by atoms with Gasteiger partial charge in [0.1, 0.15) is 11.5 Å². The number of amides is 3. The Labute approximate surface area is 172 Å². The minimum absolute atomic E-state index is 0.0127. The summed E-state index contributed by atoms with van der Waals surface area (Å²) in [6.45, 7) is 1.54. The molecule has 1 fully saturated rings. The van der Waals surface area contributed by atoms with E-state index in [4.69, 9.17) is 11.6 Å². The van der Waals surface area contributed by atoms with Gasteiger partial charge in [-0.1, -0.05) is 11.6 Å². The summed E-state index contributed by atoms with van der Waals surface area (Å²) >= 11 is 5.79. The van der Waals surface area contributed by atoms with E-state index >= 15 is 0 Å². The number of nitrogens with one attached hydrogen (secondary N) is 1. The van der Waals surface area contributed by atoms with Crippen LogP contribution in [0.25, 0.3) is 0 Å². The third-order valence-electron chi connectivity index (χ3n) is 6.39. The number of carbonyl (C=O) groups is 2. The van der Waals surface area contributed by atoms with E-state index in [-0.39, 0.29) is 22.5 Å². The Bertz CT molecular complexity index is 1030. The average molecular weight is 418 g/mol. The van der Waals surface area contributed by atoms with Crippen molar-refractivity contribution in [2.45, 2.75) is 44.3 Å². The van der Waals surface area contributed by atoms with Crippen LogP contribution in [0.2, 0.25) is 5.02 Å². The van der Waals surface area contributed by atoms with Crippen molar-refractivity contribution >= 4 is 29.2 Å². The number of anilines is 1. The molecular formula is C20H21ClFN5O2. The molecule has 1 aromatic carbocycles. The second-order valence-electron chi connectivity index (χ2n) is 8.07. The van der Waals surface area contributed by atoms with Crippen molar-refractivity contribution in [2.24, 2.45) is 0 Å². The molecule has 1 aromatic heterocycles. The van der Waals surface area contributed by atoms with E-state index in [9.17, 15) is 14.0 Å². The van der Waals surface area contributed by atoms with Crippen molar-refractivity contribution in [3.63, 3.8) is 0 Å². The molecule has 1 saturated carbocycles. The van der Waals surface area contributed by atoms with E-state index < -0.39 is 5.82 Å². The van der Waals surface area contributed by atoms with Gasteiger partial charge >= 0.3 is 6.03 Å². The maximum atomic E-state index is 13.3. The van der Waals surface area contributed by atoms with E-state index in [2.05, 4.69) is 10.4 Å². The smallest absolute Gasteiger partial charge is 0.322 e. The number of hydrogen-bond acceptors (Lipinski definition) is 3. The zero-order valence-electron chi connectivity index (χ0n) is 16.0. The molecule has 3 aliphatic rings. The molecule has 5 rings (SSSR count). The van der Waals surface area contributed by atoms with Crippen LogP contribution in [0.15, 0.2) is 18.2 Å². The molecule has 0 atom stereocenters. The summed E-state index contributed by atoms with van der Waals surface area (Å²) in [7, 11) is 1.87. The quantitative estimate of drug-likeness (QED) is 0.774. The van der Waals surface area contributed by atoms with Gasteiger partial charge in [-0.25, -0.2) is 9.18 Å². The van der Waals surface area contributed by atoms with Crippen molar-refractivity contribution in [2.75, 3.05) is 18.9 Å². The fourth-order valence-electron chi connectivity index (χ4n) is 4.36. The molecule has 152 valence electrons. The van der Waals surface area contributed by atoms with Gasteiger partial charge in [0.2, 0.25) is 0 Å². The minimum Gasteiger partial charge on any atom is -0.335 e. The fourth-order valence-corrected chi connectivity index (χ4v) is 4.54. The molecule has 9 heteroatoms. The van der Waals surface area contributed by atoms with Crippen LogP contribution in [0.1, 0.15) is 41.0 Å². The van der Waals surface area contributed by atoms with E-state index in [0.717, 1.165) is 37.1 Å². The molecule has 3 amide bonds. The Morgan fingerprint density at radius 3 is 2.79 bits per heavy atom. The fraction of sp³-hybridized carbons (Fsp3) is 0.450. The Hall–Kier alpha value is -2.61. The van der Waals surface area contributed by atoms with Crippen molar-refractivity contribution < 1.29 is 14.0 Å². The SMILES string of the molecule is CN1C(=O)c2c3c(nn2CCC12CC2)CCN(C(=O)Nc1ccc(F)c(Cl)c1)C3. The highest BCUT2D eigenvalue weighted by Gasteiger charge is 2.51. The second-order valence-corrected chi connectivity index (χ2v) is 8.47. The number of carbonyl (C=O) groups excluding carboxylic acids is 2. The zero-order chi connectivity index (χ0) is 20.3. The molecule has 29 heavy (non-hydrogen) atoms. The van der Waals surface area contributed by atoms with Gasteiger partial charge in [-0.2, -0.15) is 5.10 Å². The predicted molar refractivity (Wildman–Crippen MR) is 105 cm³/mol. The highest BCUT2D eigenvalue weighted by atomic mass is 35.5. The first-order chi connectivity index (χ1) is 13.9. The second kappa shape index (κ2) is 6.45. The van der Waals surface area contributed by atoms with Crippen LogP contribution in [0, 0.1) is 5.82 Å². The Balaban J connectivity index is 1.38. The molecule has 2 aromatic rings. The maximum absolute atomic E-state index is 13.3. The number of fused-ring (bicyclic) bond motifs is 3. The summed E-state index contributed by atoms with van der Waals surface area (Å²) in [4.78, 5) is 29.4. The first-order valence-electron chi connectivity index (χ1n) is 9.76. The maximum Gasteiger partial charge on any atom is 0.322 e.